The fourth-order valence-corrected chi connectivity index (χ4v) is 6.04. The summed E-state index contributed by atoms with van der Waals surface area (Å²) in [5.74, 6) is 0.577. The maximum atomic E-state index is 4.93. The topological polar surface area (TPSA) is 0 Å². The average molecular weight is 757 g/mol. The van der Waals surface area contributed by atoms with Crippen LogP contribution in [0.15, 0.2) is 97.1 Å². The second-order valence-corrected chi connectivity index (χ2v) is 18.4. The van der Waals surface area contributed by atoms with Gasteiger partial charge in [-0.3, -0.25) is 0 Å². The number of aryl methyl sites for hydroxylation is 4. The fraction of sp³-hybridized carbons (Fsp3) is 0.302. The van der Waals surface area contributed by atoms with E-state index in [2.05, 4.69) is 172 Å². The Kier molecular flexibility index (Phi) is 15.0. The molecule has 0 saturated heterocycles. The molecule has 0 nitrogen and oxygen atoms in total. The molecule has 6 aromatic rings. The van der Waals surface area contributed by atoms with Crippen molar-refractivity contribution >= 4 is 48.1 Å². The van der Waals surface area contributed by atoms with Crippen LogP contribution in [0.1, 0.15) is 73.9 Å². The molecule has 0 spiro atoms. The van der Waals surface area contributed by atoms with E-state index in [-0.39, 0.29) is 5.41 Å². The van der Waals surface area contributed by atoms with Gasteiger partial charge in [-0.25, -0.2) is 0 Å². The standard InChI is InChI=1S/C21H23.C20H21.C2H6Si.2ClH.Zr/c1-14-12-19-15(2)6-11-18(20(19)13-14)16-7-9-17(10-8-16)21(3,4)5;1-13(2)17-11-16-9-6-10-18(19(16)12-17)20-14(3)7-5-8-15(20)4;1-3-2;;;/h6-13H,1-5H3;5-13H,1-4H3;1-2H3;2*1H;/q2*-1;;;;+4/p-2. The van der Waals surface area contributed by atoms with E-state index in [0.29, 0.717) is 5.92 Å². The Hall–Kier alpha value is -2.22. The van der Waals surface area contributed by atoms with Gasteiger partial charge >= 0.3 is 37.9 Å². The van der Waals surface area contributed by atoms with Gasteiger partial charge in [-0.2, -0.15) is 12.1 Å². The van der Waals surface area contributed by atoms with Crippen LogP contribution >= 0.6 is 17.0 Å². The van der Waals surface area contributed by atoms with Gasteiger partial charge in [-0.05, 0) is 53.0 Å². The minimum absolute atomic E-state index is 0.206. The van der Waals surface area contributed by atoms with E-state index in [4.69, 9.17) is 17.0 Å². The SMILES string of the molecule is C[Si]C.Cc1cc2c(-c3ccc(C(C)(C)C)cc3)ccc(C)c2[cH-]1.Cc1cccc(C)c1-c1cccc2[cH-]c(C(C)C)cc12.[Cl][Zr+2][Cl]. The molecule has 0 aliphatic rings. The molecule has 0 saturated carbocycles. The first kappa shape index (κ1) is 39.2. The van der Waals surface area contributed by atoms with Gasteiger partial charge in [-0.15, -0.1) is 68.6 Å². The molecule has 6 aromatic carbocycles. The molecule has 0 fully saturated rings. The van der Waals surface area contributed by atoms with Crippen molar-refractivity contribution < 1.29 is 20.8 Å². The maximum absolute atomic E-state index is 4.93. The molecule has 244 valence electrons. The molecule has 4 heteroatoms. The van der Waals surface area contributed by atoms with Gasteiger partial charge in [0.05, 0.1) is 0 Å². The molecule has 0 atom stereocenters. The number of hydrogen-bond acceptors (Lipinski definition) is 0. The molecule has 47 heavy (non-hydrogen) atoms. The van der Waals surface area contributed by atoms with Crippen molar-refractivity contribution in [3.8, 4) is 22.3 Å². The predicted octanol–water partition coefficient (Wildman–Crippen LogP) is 14.3. The summed E-state index contributed by atoms with van der Waals surface area (Å²) in [6.07, 6.45) is 0. The van der Waals surface area contributed by atoms with Crippen LogP contribution in [0.2, 0.25) is 13.1 Å². The quantitative estimate of drug-likeness (QED) is 0.125. The monoisotopic (exact) mass is 754 g/mol. The van der Waals surface area contributed by atoms with Gasteiger partial charge in [0.25, 0.3) is 0 Å². The zero-order valence-corrected chi connectivity index (χ0v) is 35.0. The van der Waals surface area contributed by atoms with Crippen molar-refractivity contribution in [2.45, 2.75) is 86.7 Å². The van der Waals surface area contributed by atoms with Crippen molar-refractivity contribution in [3.05, 3.63) is 130 Å². The Balaban J connectivity index is 0.000000219. The Morgan fingerprint density at radius 3 is 1.81 bits per heavy atom. The zero-order valence-electron chi connectivity index (χ0n) is 30.1. The van der Waals surface area contributed by atoms with Crippen LogP contribution in [0.5, 0.6) is 0 Å². The van der Waals surface area contributed by atoms with Crippen LogP contribution in [0.3, 0.4) is 0 Å². The summed E-state index contributed by atoms with van der Waals surface area (Å²) in [5.41, 5.74) is 13.8. The zero-order chi connectivity index (χ0) is 34.9. The molecule has 0 bridgehead atoms. The number of halogens is 2. The average Bonchev–Trinajstić information content (AvgIpc) is 3.63. The van der Waals surface area contributed by atoms with Gasteiger partial charge in [0.15, 0.2) is 0 Å². The second kappa shape index (κ2) is 18.0. The third-order valence-corrected chi connectivity index (χ3v) is 8.50. The summed E-state index contributed by atoms with van der Waals surface area (Å²) in [4.78, 5) is 0. The van der Waals surface area contributed by atoms with Crippen molar-refractivity contribution in [1.82, 2.24) is 0 Å². The van der Waals surface area contributed by atoms with E-state index in [1.807, 2.05) is 0 Å². The van der Waals surface area contributed by atoms with Crippen LogP contribution in [0.25, 0.3) is 43.8 Å². The number of benzene rings is 4. The van der Waals surface area contributed by atoms with Crippen LogP contribution < -0.4 is 0 Å². The molecule has 0 aliphatic heterocycles. The van der Waals surface area contributed by atoms with E-state index >= 15 is 0 Å². The molecular formula is C43H50Cl2SiZr. The molecule has 0 amide bonds. The summed E-state index contributed by atoms with van der Waals surface area (Å²) in [5, 5.41) is 5.49. The summed E-state index contributed by atoms with van der Waals surface area (Å²) < 4.78 is 0. The first-order valence-electron chi connectivity index (χ1n) is 16.4. The van der Waals surface area contributed by atoms with Crippen molar-refractivity contribution in [2.75, 3.05) is 0 Å². The van der Waals surface area contributed by atoms with Crippen LogP contribution in [-0.2, 0) is 26.3 Å². The van der Waals surface area contributed by atoms with Gasteiger partial charge in [0.2, 0.25) is 0 Å². The molecule has 0 N–H and O–H groups in total. The van der Waals surface area contributed by atoms with Gasteiger partial charge in [-0.1, -0.05) is 127 Å². The minimum atomic E-state index is -0.826. The summed E-state index contributed by atoms with van der Waals surface area (Å²) in [6.45, 7) is 24.4. The van der Waals surface area contributed by atoms with E-state index in [0.717, 1.165) is 9.52 Å². The number of rotatable bonds is 3. The van der Waals surface area contributed by atoms with Crippen LogP contribution in [-0.4, -0.2) is 9.52 Å². The third kappa shape index (κ3) is 10.1. The predicted molar refractivity (Wildman–Crippen MR) is 211 cm³/mol. The van der Waals surface area contributed by atoms with Crippen LogP contribution in [0, 0.1) is 27.7 Å². The number of hydrogen-bond donors (Lipinski definition) is 0. The Labute approximate surface area is 306 Å². The normalized spacial score (nSPS) is 10.9. The van der Waals surface area contributed by atoms with Crippen molar-refractivity contribution in [2.24, 2.45) is 0 Å². The van der Waals surface area contributed by atoms with Crippen LogP contribution in [0.4, 0.5) is 0 Å². The molecule has 0 aromatic heterocycles. The fourth-order valence-electron chi connectivity index (χ4n) is 6.04. The number of fused-ring (bicyclic) bond motifs is 2. The first-order valence-corrected chi connectivity index (χ1v) is 24.7. The molecule has 0 unspecified atom stereocenters. The molecule has 0 heterocycles. The van der Waals surface area contributed by atoms with E-state index in [1.165, 1.54) is 77.2 Å². The molecular weight excluding hydrogens is 707 g/mol. The summed E-state index contributed by atoms with van der Waals surface area (Å²) in [7, 11) is 11.0. The first-order chi connectivity index (χ1) is 22.3. The Morgan fingerprint density at radius 2 is 1.26 bits per heavy atom. The van der Waals surface area contributed by atoms with Crippen molar-refractivity contribution in [1.29, 1.82) is 0 Å². The molecule has 0 aliphatic carbocycles. The van der Waals surface area contributed by atoms with Gasteiger partial charge in [0.1, 0.15) is 0 Å². The summed E-state index contributed by atoms with van der Waals surface area (Å²) >= 11 is -0.826. The Morgan fingerprint density at radius 1 is 0.681 bits per heavy atom. The second-order valence-electron chi connectivity index (χ2n) is 13.7. The molecule has 2 radical (unpaired) electrons. The Bertz CT molecular complexity index is 1840. The summed E-state index contributed by atoms with van der Waals surface area (Å²) in [6, 6.07) is 36.0. The van der Waals surface area contributed by atoms with Gasteiger partial charge < -0.3 is 0 Å². The molecule has 6 rings (SSSR count). The van der Waals surface area contributed by atoms with Gasteiger partial charge in [0, 0.05) is 9.52 Å². The van der Waals surface area contributed by atoms with E-state index < -0.39 is 20.8 Å². The van der Waals surface area contributed by atoms with Crippen molar-refractivity contribution in [3.63, 3.8) is 0 Å². The van der Waals surface area contributed by atoms with E-state index in [1.54, 1.807) is 0 Å². The van der Waals surface area contributed by atoms with E-state index in [9.17, 15) is 0 Å². The third-order valence-electron chi connectivity index (χ3n) is 8.50.